The highest BCUT2D eigenvalue weighted by Gasteiger charge is 2.07. The van der Waals surface area contributed by atoms with Crippen LogP contribution in [0.5, 0.6) is 11.5 Å². The van der Waals surface area contributed by atoms with Gasteiger partial charge < -0.3 is 14.8 Å². The van der Waals surface area contributed by atoms with Gasteiger partial charge in [-0.05, 0) is 60.5 Å². The van der Waals surface area contributed by atoms with Gasteiger partial charge in [0.2, 0.25) is 5.91 Å². The van der Waals surface area contributed by atoms with E-state index in [1.165, 1.54) is 11.6 Å². The highest BCUT2D eigenvalue weighted by Crippen LogP contribution is 2.23. The van der Waals surface area contributed by atoms with Crippen molar-refractivity contribution in [3.8, 4) is 11.5 Å². The molecule has 1 N–H and O–H groups in total. The second kappa shape index (κ2) is 11.5. The van der Waals surface area contributed by atoms with Crippen LogP contribution < -0.4 is 14.8 Å². The second-order valence-electron chi connectivity index (χ2n) is 8.05. The van der Waals surface area contributed by atoms with E-state index in [4.69, 9.17) is 9.47 Å². The molecule has 3 aromatic carbocycles. The Balaban J connectivity index is 1.36. The first-order valence-electron chi connectivity index (χ1n) is 11.1. The number of methoxy groups -OCH3 is 1. The molecule has 1 aromatic heterocycles. The van der Waals surface area contributed by atoms with Crippen molar-refractivity contribution in [2.75, 3.05) is 12.4 Å². The second-order valence-corrected chi connectivity index (χ2v) is 8.96. The predicted octanol–water partition coefficient (Wildman–Crippen LogP) is 6.24. The Morgan fingerprint density at radius 3 is 2.60 bits per heavy atom. The number of hydrogen-bond donors (Lipinski definition) is 1. The molecule has 0 bridgehead atoms. The monoisotopic (exact) mass is 531 g/mol. The average molecular weight is 532 g/mol. The summed E-state index contributed by atoms with van der Waals surface area (Å²) in [6.45, 7) is 3.02. The molecule has 0 fully saturated rings. The minimum Gasteiger partial charge on any atom is -0.496 e. The number of aryl methyl sites for hydroxylation is 1. The summed E-state index contributed by atoms with van der Waals surface area (Å²) in [6.07, 6.45) is 6.70. The fraction of sp³-hybridized carbons (Fsp3) is 0.143. The minimum atomic E-state index is -0.235. The van der Waals surface area contributed by atoms with Crippen molar-refractivity contribution in [2.45, 2.75) is 20.1 Å². The summed E-state index contributed by atoms with van der Waals surface area (Å²) in [6, 6.07) is 21.7. The summed E-state index contributed by atoms with van der Waals surface area (Å²) in [7, 11) is 1.63. The Hall–Kier alpha value is -3.84. The van der Waals surface area contributed by atoms with Gasteiger partial charge in [-0.2, -0.15) is 5.10 Å². The van der Waals surface area contributed by atoms with Gasteiger partial charge in [-0.1, -0.05) is 51.8 Å². The van der Waals surface area contributed by atoms with Gasteiger partial charge in [0.05, 0.1) is 25.5 Å². The van der Waals surface area contributed by atoms with E-state index in [0.29, 0.717) is 18.8 Å². The molecular formula is C28H26BrN3O3. The van der Waals surface area contributed by atoms with E-state index in [-0.39, 0.29) is 5.91 Å². The third kappa shape index (κ3) is 7.07. The third-order valence-electron chi connectivity index (χ3n) is 5.31. The molecule has 0 aliphatic heterocycles. The number of halogens is 1. The molecule has 0 unspecified atom stereocenters. The van der Waals surface area contributed by atoms with Crippen molar-refractivity contribution in [1.29, 1.82) is 0 Å². The van der Waals surface area contributed by atoms with Gasteiger partial charge in [-0.25, -0.2) is 0 Å². The summed E-state index contributed by atoms with van der Waals surface area (Å²) in [5.41, 5.74) is 4.70. The predicted molar refractivity (Wildman–Crippen MR) is 142 cm³/mol. The summed E-state index contributed by atoms with van der Waals surface area (Å²) in [5, 5.41) is 7.17. The largest absolute Gasteiger partial charge is 0.496 e. The number of rotatable bonds is 9. The van der Waals surface area contributed by atoms with Crippen LogP contribution in [-0.2, 0) is 17.9 Å². The first-order chi connectivity index (χ1) is 17.0. The lowest BCUT2D eigenvalue weighted by Crippen LogP contribution is -2.07. The number of hydrogen-bond acceptors (Lipinski definition) is 4. The maximum atomic E-state index is 12.4. The lowest BCUT2D eigenvalue weighted by atomic mass is 10.1. The molecule has 1 heterocycles. The third-order valence-corrected chi connectivity index (χ3v) is 5.83. The number of aromatic nitrogens is 2. The molecule has 6 nitrogen and oxygen atoms in total. The van der Waals surface area contributed by atoms with E-state index in [1.807, 2.05) is 79.9 Å². The van der Waals surface area contributed by atoms with Crippen molar-refractivity contribution < 1.29 is 14.3 Å². The fourth-order valence-corrected chi connectivity index (χ4v) is 3.72. The molecule has 0 atom stereocenters. The van der Waals surface area contributed by atoms with Gasteiger partial charge in [0, 0.05) is 22.3 Å². The van der Waals surface area contributed by atoms with E-state index in [0.717, 1.165) is 32.7 Å². The fourth-order valence-electron chi connectivity index (χ4n) is 3.46. The Morgan fingerprint density at radius 1 is 1.09 bits per heavy atom. The van der Waals surface area contributed by atoms with Gasteiger partial charge in [0.1, 0.15) is 18.1 Å². The normalized spacial score (nSPS) is 10.9. The van der Waals surface area contributed by atoms with Gasteiger partial charge in [-0.15, -0.1) is 0 Å². The lowest BCUT2D eigenvalue weighted by molar-refractivity contribution is -0.111. The average Bonchev–Trinajstić information content (AvgIpc) is 3.30. The molecule has 1 amide bonds. The van der Waals surface area contributed by atoms with Crippen LogP contribution in [0.1, 0.15) is 22.3 Å². The Bertz CT molecular complexity index is 1310. The minimum absolute atomic E-state index is 0.235. The topological polar surface area (TPSA) is 65.4 Å². The molecule has 4 aromatic rings. The number of amides is 1. The van der Waals surface area contributed by atoms with E-state index in [9.17, 15) is 4.79 Å². The van der Waals surface area contributed by atoms with Crippen LogP contribution >= 0.6 is 15.9 Å². The molecule has 35 heavy (non-hydrogen) atoms. The first-order valence-corrected chi connectivity index (χ1v) is 11.9. The van der Waals surface area contributed by atoms with Crippen molar-refractivity contribution in [3.63, 3.8) is 0 Å². The number of benzene rings is 3. The number of anilines is 1. The zero-order valence-electron chi connectivity index (χ0n) is 19.6. The Morgan fingerprint density at radius 2 is 1.86 bits per heavy atom. The van der Waals surface area contributed by atoms with Crippen molar-refractivity contribution in [3.05, 3.63) is 112 Å². The van der Waals surface area contributed by atoms with E-state index < -0.39 is 0 Å². The smallest absolute Gasteiger partial charge is 0.248 e. The first kappa shape index (κ1) is 24.3. The summed E-state index contributed by atoms with van der Waals surface area (Å²) in [5.74, 6) is 1.29. The summed E-state index contributed by atoms with van der Waals surface area (Å²) in [4.78, 5) is 12.4. The number of nitrogens with one attached hydrogen (secondary N) is 1. The van der Waals surface area contributed by atoms with E-state index in [2.05, 4.69) is 26.3 Å². The van der Waals surface area contributed by atoms with Crippen LogP contribution in [-0.4, -0.2) is 22.8 Å². The van der Waals surface area contributed by atoms with Crippen LogP contribution in [0.4, 0.5) is 5.69 Å². The van der Waals surface area contributed by atoms with Crippen LogP contribution in [0.2, 0.25) is 0 Å². The number of ether oxygens (including phenoxy) is 2. The zero-order chi connectivity index (χ0) is 24.6. The molecule has 0 saturated heterocycles. The van der Waals surface area contributed by atoms with Gasteiger partial charge in [-0.3, -0.25) is 9.48 Å². The van der Waals surface area contributed by atoms with Crippen LogP contribution in [0.15, 0.2) is 89.7 Å². The highest BCUT2D eigenvalue weighted by molar-refractivity contribution is 9.10. The molecule has 0 aliphatic rings. The van der Waals surface area contributed by atoms with Crippen LogP contribution in [0.25, 0.3) is 6.08 Å². The number of carbonyl (C=O) groups excluding carboxylic acids is 1. The summed E-state index contributed by atoms with van der Waals surface area (Å²) >= 11 is 3.44. The Kier molecular flexibility index (Phi) is 8.00. The maximum Gasteiger partial charge on any atom is 0.248 e. The van der Waals surface area contributed by atoms with E-state index >= 15 is 0 Å². The number of carbonyl (C=O) groups is 1. The van der Waals surface area contributed by atoms with Crippen LogP contribution in [0, 0.1) is 6.92 Å². The molecule has 4 rings (SSSR count). The molecular weight excluding hydrogens is 506 g/mol. The van der Waals surface area contributed by atoms with Crippen LogP contribution in [0.3, 0.4) is 0 Å². The van der Waals surface area contributed by atoms with Crippen molar-refractivity contribution in [2.24, 2.45) is 0 Å². The van der Waals surface area contributed by atoms with Crippen molar-refractivity contribution >= 4 is 33.6 Å². The number of nitrogens with zero attached hydrogens (tertiary/aromatic N) is 2. The van der Waals surface area contributed by atoms with Gasteiger partial charge >= 0.3 is 0 Å². The molecule has 0 aliphatic carbocycles. The van der Waals surface area contributed by atoms with Gasteiger partial charge in [0.15, 0.2) is 0 Å². The molecule has 0 saturated carbocycles. The Labute approximate surface area is 213 Å². The molecule has 178 valence electrons. The summed E-state index contributed by atoms with van der Waals surface area (Å²) < 4.78 is 14.2. The van der Waals surface area contributed by atoms with E-state index in [1.54, 1.807) is 24.1 Å². The lowest BCUT2D eigenvalue weighted by Gasteiger charge is -2.11. The van der Waals surface area contributed by atoms with Crippen molar-refractivity contribution in [1.82, 2.24) is 9.78 Å². The molecule has 0 spiro atoms. The maximum absolute atomic E-state index is 12.4. The van der Waals surface area contributed by atoms with Gasteiger partial charge in [0.25, 0.3) is 0 Å². The molecule has 7 heteroatoms. The zero-order valence-corrected chi connectivity index (χ0v) is 21.2. The standard InChI is InChI=1S/C28H26BrN3O3/c1-20-3-11-26(12-4-20)35-19-23-15-21(7-13-27(23)34-2)8-14-28(33)31-25-16-30-32(18-25)17-22-5-9-24(29)10-6-22/h3-16,18H,17,19H2,1-2H3,(H,31,33)/b14-8+. The SMILES string of the molecule is COc1ccc(/C=C/C(=O)Nc2cnn(Cc3ccc(Br)cc3)c2)cc1COc1ccc(C)cc1. The molecule has 0 radical (unpaired) electrons. The highest BCUT2D eigenvalue weighted by atomic mass is 79.9. The quantitative estimate of drug-likeness (QED) is 0.259.